The van der Waals surface area contributed by atoms with Crippen LogP contribution in [-0.2, 0) is 0 Å². The Kier molecular flexibility index (Phi) is 4.63. The van der Waals surface area contributed by atoms with Crippen molar-refractivity contribution in [2.24, 2.45) is 11.8 Å². The molecule has 1 aromatic heterocycles. The first-order valence-electron chi connectivity index (χ1n) is 10.1. The fourth-order valence-corrected chi connectivity index (χ4v) is 4.69. The molecule has 0 spiro atoms. The predicted molar refractivity (Wildman–Crippen MR) is 100 cm³/mol. The Balaban J connectivity index is 1.49. The summed E-state index contributed by atoms with van der Waals surface area (Å²) in [7, 11) is 0. The molecule has 0 radical (unpaired) electrons. The Morgan fingerprint density at radius 1 is 1.23 bits per heavy atom. The minimum absolute atomic E-state index is 0.0465. The number of aryl methyl sites for hydroxylation is 1. The van der Waals surface area contributed by atoms with Crippen molar-refractivity contribution in [1.82, 2.24) is 14.9 Å². The van der Waals surface area contributed by atoms with Crippen LogP contribution >= 0.6 is 0 Å². The Hall–Kier alpha value is -1.69. The molecule has 26 heavy (non-hydrogen) atoms. The number of aromatic nitrogens is 2. The molecule has 1 amide bonds. The average molecular weight is 358 g/mol. The number of hydrogen-bond acceptors (Lipinski definition) is 5. The van der Waals surface area contributed by atoms with Gasteiger partial charge in [0.05, 0.1) is 23.4 Å². The van der Waals surface area contributed by atoms with Gasteiger partial charge in [0.25, 0.3) is 5.91 Å². The van der Waals surface area contributed by atoms with Crippen LogP contribution < -0.4 is 4.90 Å². The number of β-amino-alcohol motifs (C(OH)–C–C–N with tert-alkyl or cyclic N) is 1. The van der Waals surface area contributed by atoms with Crippen molar-refractivity contribution in [2.75, 3.05) is 31.1 Å². The number of amides is 1. The molecule has 0 unspecified atom stereocenters. The molecule has 1 aliphatic carbocycles. The average Bonchev–Trinajstić information content (AvgIpc) is 2.89. The Labute approximate surface area is 155 Å². The monoisotopic (exact) mass is 358 g/mol. The van der Waals surface area contributed by atoms with Crippen molar-refractivity contribution in [2.45, 2.75) is 58.0 Å². The minimum Gasteiger partial charge on any atom is -0.387 e. The maximum Gasteiger partial charge on any atom is 0.257 e. The number of likely N-dealkylation sites (tertiary alicyclic amines) is 1. The topological polar surface area (TPSA) is 69.6 Å². The van der Waals surface area contributed by atoms with E-state index in [1.54, 1.807) is 11.1 Å². The first-order chi connectivity index (χ1) is 12.5. The second-order valence-electron chi connectivity index (χ2n) is 8.42. The van der Waals surface area contributed by atoms with E-state index in [1.165, 1.54) is 25.7 Å². The zero-order valence-electron chi connectivity index (χ0n) is 15.9. The van der Waals surface area contributed by atoms with E-state index in [4.69, 9.17) is 0 Å². The van der Waals surface area contributed by atoms with Crippen LogP contribution in [0.15, 0.2) is 6.20 Å². The molecule has 2 atom stereocenters. The van der Waals surface area contributed by atoms with Crippen LogP contribution in [0, 0.1) is 18.8 Å². The lowest BCUT2D eigenvalue weighted by Gasteiger charge is -2.41. The SMILES string of the molecule is Cc1nc(N2CCCCC2)ncc1C(=O)N1C[C@@H](C)[C@](O)(C2CCC2)C1. The highest BCUT2D eigenvalue weighted by Gasteiger charge is 2.51. The van der Waals surface area contributed by atoms with Gasteiger partial charge in [-0.05, 0) is 44.9 Å². The summed E-state index contributed by atoms with van der Waals surface area (Å²) in [4.78, 5) is 26.1. The molecule has 0 aromatic carbocycles. The first kappa shape index (κ1) is 17.7. The number of carbonyl (C=O) groups is 1. The highest BCUT2D eigenvalue weighted by atomic mass is 16.3. The van der Waals surface area contributed by atoms with Gasteiger partial charge in [0.2, 0.25) is 5.95 Å². The van der Waals surface area contributed by atoms with Gasteiger partial charge in [0.1, 0.15) is 0 Å². The van der Waals surface area contributed by atoms with Crippen molar-refractivity contribution < 1.29 is 9.90 Å². The van der Waals surface area contributed by atoms with E-state index >= 15 is 0 Å². The molecule has 1 saturated carbocycles. The van der Waals surface area contributed by atoms with E-state index in [1.807, 2.05) is 6.92 Å². The fourth-order valence-electron chi connectivity index (χ4n) is 4.69. The number of piperidine rings is 1. The van der Waals surface area contributed by atoms with E-state index in [-0.39, 0.29) is 11.8 Å². The maximum absolute atomic E-state index is 13.0. The highest BCUT2D eigenvalue weighted by molar-refractivity contribution is 5.95. The van der Waals surface area contributed by atoms with Crippen LogP contribution in [0.2, 0.25) is 0 Å². The molecule has 142 valence electrons. The van der Waals surface area contributed by atoms with E-state index in [2.05, 4.69) is 21.8 Å². The summed E-state index contributed by atoms with van der Waals surface area (Å²) < 4.78 is 0. The fraction of sp³-hybridized carbons (Fsp3) is 0.750. The molecular weight excluding hydrogens is 328 g/mol. The molecular formula is C20H30N4O2. The van der Waals surface area contributed by atoms with Crippen LogP contribution in [0.4, 0.5) is 5.95 Å². The van der Waals surface area contributed by atoms with Crippen molar-refractivity contribution >= 4 is 11.9 Å². The van der Waals surface area contributed by atoms with Crippen LogP contribution in [-0.4, -0.2) is 57.7 Å². The van der Waals surface area contributed by atoms with Crippen molar-refractivity contribution in [1.29, 1.82) is 0 Å². The Bertz CT molecular complexity index is 684. The Morgan fingerprint density at radius 3 is 2.58 bits per heavy atom. The van der Waals surface area contributed by atoms with Crippen molar-refractivity contribution in [3.63, 3.8) is 0 Å². The third-order valence-corrected chi connectivity index (χ3v) is 6.73. The molecule has 1 aromatic rings. The summed E-state index contributed by atoms with van der Waals surface area (Å²) in [6.07, 6.45) is 8.65. The van der Waals surface area contributed by atoms with E-state index in [9.17, 15) is 9.90 Å². The molecule has 3 aliphatic rings. The molecule has 2 aliphatic heterocycles. The molecule has 6 nitrogen and oxygen atoms in total. The van der Waals surface area contributed by atoms with Gasteiger partial charge < -0.3 is 14.9 Å². The summed E-state index contributed by atoms with van der Waals surface area (Å²) >= 11 is 0. The van der Waals surface area contributed by atoms with Gasteiger partial charge in [-0.3, -0.25) is 4.79 Å². The third-order valence-electron chi connectivity index (χ3n) is 6.73. The number of carbonyl (C=O) groups excluding carboxylic acids is 1. The lowest BCUT2D eigenvalue weighted by Crippen LogP contribution is -2.48. The van der Waals surface area contributed by atoms with Gasteiger partial charge in [-0.25, -0.2) is 9.97 Å². The number of hydrogen-bond donors (Lipinski definition) is 1. The lowest BCUT2D eigenvalue weighted by molar-refractivity contribution is -0.0660. The second-order valence-corrected chi connectivity index (χ2v) is 8.42. The summed E-state index contributed by atoms with van der Waals surface area (Å²) in [6, 6.07) is 0. The normalized spacial score (nSPS) is 29.7. The summed E-state index contributed by atoms with van der Waals surface area (Å²) in [5.41, 5.74) is 0.573. The minimum atomic E-state index is -0.726. The smallest absolute Gasteiger partial charge is 0.257 e. The second kappa shape index (κ2) is 6.80. The van der Waals surface area contributed by atoms with Crippen molar-refractivity contribution in [3.05, 3.63) is 17.5 Å². The van der Waals surface area contributed by atoms with Crippen LogP contribution in [0.3, 0.4) is 0 Å². The van der Waals surface area contributed by atoms with Gasteiger partial charge >= 0.3 is 0 Å². The zero-order valence-corrected chi connectivity index (χ0v) is 15.9. The van der Waals surface area contributed by atoms with Gasteiger partial charge in [-0.15, -0.1) is 0 Å². The molecule has 6 heteroatoms. The van der Waals surface area contributed by atoms with E-state index in [0.29, 0.717) is 24.6 Å². The quantitative estimate of drug-likeness (QED) is 0.898. The van der Waals surface area contributed by atoms with Crippen LogP contribution in [0.1, 0.15) is 61.5 Å². The molecule has 3 fully saturated rings. The molecule has 4 rings (SSSR count). The van der Waals surface area contributed by atoms with Crippen molar-refractivity contribution in [3.8, 4) is 0 Å². The lowest BCUT2D eigenvalue weighted by atomic mass is 9.69. The first-order valence-corrected chi connectivity index (χ1v) is 10.1. The molecule has 0 bridgehead atoms. The van der Waals surface area contributed by atoms with Gasteiger partial charge in [-0.1, -0.05) is 13.3 Å². The summed E-state index contributed by atoms with van der Waals surface area (Å²) in [5.74, 6) is 1.15. The summed E-state index contributed by atoms with van der Waals surface area (Å²) in [6.45, 7) is 6.98. The number of nitrogens with zero attached hydrogens (tertiary/aromatic N) is 4. The maximum atomic E-state index is 13.0. The van der Waals surface area contributed by atoms with Crippen LogP contribution in [0.25, 0.3) is 0 Å². The van der Waals surface area contributed by atoms with Gasteiger partial charge in [0.15, 0.2) is 0 Å². The largest absolute Gasteiger partial charge is 0.387 e. The summed E-state index contributed by atoms with van der Waals surface area (Å²) in [5, 5.41) is 11.1. The molecule has 2 saturated heterocycles. The predicted octanol–water partition coefficient (Wildman–Crippen LogP) is 2.40. The number of rotatable bonds is 3. The standard InChI is InChI=1S/C20H30N4O2/c1-14-12-24(13-20(14,26)16-7-6-8-16)18(25)17-11-21-19(22-15(17)2)23-9-4-3-5-10-23/h11,14,16,26H,3-10,12-13H2,1-2H3/t14-,20+/m1/s1. The number of anilines is 1. The third kappa shape index (κ3) is 2.98. The molecule has 1 N–H and O–H groups in total. The van der Waals surface area contributed by atoms with Gasteiger partial charge in [-0.2, -0.15) is 0 Å². The Morgan fingerprint density at radius 2 is 1.96 bits per heavy atom. The van der Waals surface area contributed by atoms with Crippen LogP contribution in [0.5, 0.6) is 0 Å². The molecule has 3 heterocycles. The number of aliphatic hydroxyl groups is 1. The van der Waals surface area contributed by atoms with E-state index in [0.717, 1.165) is 37.6 Å². The van der Waals surface area contributed by atoms with E-state index < -0.39 is 5.60 Å². The zero-order chi connectivity index (χ0) is 18.3. The van der Waals surface area contributed by atoms with Gasteiger partial charge in [0, 0.05) is 31.7 Å². The highest BCUT2D eigenvalue weighted by Crippen LogP contribution is 2.44.